The number of pyridine rings is 1. The molecule has 1 saturated heterocycles. The minimum absolute atomic E-state index is 0. The molecule has 0 unspecified atom stereocenters. The van der Waals surface area contributed by atoms with E-state index in [-0.39, 0.29) is 12.4 Å². The number of hydrogen-bond acceptors (Lipinski definition) is 3. The van der Waals surface area contributed by atoms with Crippen molar-refractivity contribution in [3.63, 3.8) is 0 Å². The summed E-state index contributed by atoms with van der Waals surface area (Å²) in [5, 5.41) is 5.73. The summed E-state index contributed by atoms with van der Waals surface area (Å²) in [6.07, 6.45) is 2.04. The summed E-state index contributed by atoms with van der Waals surface area (Å²) in [4.78, 5) is 7.12. The van der Waals surface area contributed by atoms with Crippen LogP contribution in [-0.4, -0.2) is 31.2 Å². The van der Waals surface area contributed by atoms with Gasteiger partial charge in [0.25, 0.3) is 0 Å². The van der Waals surface area contributed by atoms with Crippen LogP contribution in [0, 0.1) is 0 Å². The fourth-order valence-corrected chi connectivity index (χ4v) is 3.37. The number of rotatable bonds is 3. The molecule has 0 saturated carbocycles. The molecule has 0 amide bonds. The number of benzene rings is 1. The Balaban J connectivity index is 0.00000176. The number of anilines is 1. The molecule has 2 aromatic rings. The normalized spacial score (nSPS) is 15.0. The number of fused-ring (bicyclic) bond motifs is 1. The minimum Gasteiger partial charge on any atom is -0.368 e. The van der Waals surface area contributed by atoms with Crippen molar-refractivity contribution in [3.05, 3.63) is 33.9 Å². The van der Waals surface area contributed by atoms with Crippen LogP contribution < -0.4 is 10.2 Å². The largest absolute Gasteiger partial charge is 0.368 e. The predicted octanol–water partition coefficient (Wildman–Crippen LogP) is 4.33. The first-order chi connectivity index (χ1) is 10.2. The van der Waals surface area contributed by atoms with Gasteiger partial charge in [-0.05, 0) is 24.6 Å². The van der Waals surface area contributed by atoms with Crippen LogP contribution in [0.4, 0.5) is 5.69 Å². The third-order valence-corrected chi connectivity index (χ3v) is 4.33. The molecule has 1 aromatic carbocycles. The summed E-state index contributed by atoms with van der Waals surface area (Å²) >= 11 is 12.6. The van der Waals surface area contributed by atoms with Gasteiger partial charge < -0.3 is 10.2 Å². The third-order valence-electron chi connectivity index (χ3n) is 3.83. The maximum Gasteiger partial charge on any atom is 0.0913 e. The Morgan fingerprint density at radius 1 is 1.18 bits per heavy atom. The van der Waals surface area contributed by atoms with Gasteiger partial charge in [-0.15, -0.1) is 12.4 Å². The number of halogens is 3. The van der Waals surface area contributed by atoms with E-state index in [1.807, 2.05) is 6.07 Å². The molecule has 22 heavy (non-hydrogen) atoms. The Hall–Kier alpha value is -0.740. The van der Waals surface area contributed by atoms with Gasteiger partial charge in [-0.3, -0.25) is 4.98 Å². The second kappa shape index (κ2) is 7.69. The molecule has 0 radical (unpaired) electrons. The van der Waals surface area contributed by atoms with Crippen molar-refractivity contribution in [2.75, 3.05) is 31.1 Å². The van der Waals surface area contributed by atoms with E-state index in [0.717, 1.165) is 55.6 Å². The van der Waals surface area contributed by atoms with E-state index in [9.17, 15) is 0 Å². The quantitative estimate of drug-likeness (QED) is 0.883. The number of aromatic nitrogens is 1. The number of hydrogen-bond donors (Lipinski definition) is 1. The molecule has 6 heteroatoms. The highest BCUT2D eigenvalue weighted by atomic mass is 35.5. The van der Waals surface area contributed by atoms with E-state index in [1.165, 1.54) is 5.69 Å². The lowest BCUT2D eigenvalue weighted by Gasteiger charge is -2.30. The maximum atomic E-state index is 6.37. The van der Waals surface area contributed by atoms with Crippen LogP contribution in [0.5, 0.6) is 0 Å². The zero-order valence-corrected chi connectivity index (χ0v) is 14.9. The first-order valence-corrected chi connectivity index (χ1v) is 8.19. The van der Waals surface area contributed by atoms with Gasteiger partial charge in [0.2, 0.25) is 0 Å². The molecular weight excluding hydrogens is 341 g/mol. The fraction of sp³-hybridized carbons (Fsp3) is 0.438. The highest BCUT2D eigenvalue weighted by Crippen LogP contribution is 2.34. The second-order valence-electron chi connectivity index (χ2n) is 5.40. The fourth-order valence-electron chi connectivity index (χ4n) is 2.84. The van der Waals surface area contributed by atoms with E-state index >= 15 is 0 Å². The first-order valence-electron chi connectivity index (χ1n) is 7.43. The highest BCUT2D eigenvalue weighted by Gasteiger charge is 2.17. The molecule has 0 spiro atoms. The van der Waals surface area contributed by atoms with E-state index in [2.05, 4.69) is 23.2 Å². The molecule has 2 heterocycles. The molecule has 3 nitrogen and oxygen atoms in total. The standard InChI is InChI=1S/C16H19Cl2N3.ClH/c1-2-3-12-10-15(21-6-4-19-5-7-21)13-8-11(17)9-14(18)16(13)20-12;/h8-10,19H,2-7H2,1H3;1H. The van der Waals surface area contributed by atoms with Gasteiger partial charge in [-0.2, -0.15) is 0 Å². The van der Waals surface area contributed by atoms with Gasteiger partial charge >= 0.3 is 0 Å². The Bertz CT molecular complexity index is 655. The van der Waals surface area contributed by atoms with Crippen LogP contribution in [0.3, 0.4) is 0 Å². The van der Waals surface area contributed by atoms with Crippen molar-refractivity contribution < 1.29 is 0 Å². The lowest BCUT2D eigenvalue weighted by atomic mass is 10.1. The van der Waals surface area contributed by atoms with Crippen LogP contribution in [0.25, 0.3) is 10.9 Å². The van der Waals surface area contributed by atoms with Gasteiger partial charge in [0, 0.05) is 48.0 Å². The molecule has 0 bridgehead atoms. The minimum atomic E-state index is 0. The third kappa shape index (κ3) is 3.60. The monoisotopic (exact) mass is 359 g/mol. The zero-order chi connectivity index (χ0) is 14.8. The molecule has 1 N–H and O–H groups in total. The van der Waals surface area contributed by atoms with Crippen LogP contribution in [0.1, 0.15) is 19.0 Å². The predicted molar refractivity (Wildman–Crippen MR) is 98.1 cm³/mol. The Morgan fingerprint density at radius 2 is 1.91 bits per heavy atom. The molecule has 1 aliphatic rings. The molecule has 1 aromatic heterocycles. The summed E-state index contributed by atoms with van der Waals surface area (Å²) < 4.78 is 0. The van der Waals surface area contributed by atoms with E-state index in [0.29, 0.717) is 10.0 Å². The van der Waals surface area contributed by atoms with E-state index in [4.69, 9.17) is 28.2 Å². The summed E-state index contributed by atoms with van der Waals surface area (Å²) in [6, 6.07) is 5.95. The Labute approximate surface area is 147 Å². The van der Waals surface area contributed by atoms with Crippen LogP contribution in [0.2, 0.25) is 10.0 Å². The number of piperazine rings is 1. The zero-order valence-electron chi connectivity index (χ0n) is 12.5. The van der Waals surface area contributed by atoms with Gasteiger partial charge in [0.15, 0.2) is 0 Å². The Morgan fingerprint density at radius 3 is 2.59 bits per heavy atom. The van der Waals surface area contributed by atoms with E-state index < -0.39 is 0 Å². The van der Waals surface area contributed by atoms with Crippen molar-refractivity contribution in [2.24, 2.45) is 0 Å². The van der Waals surface area contributed by atoms with E-state index in [1.54, 1.807) is 6.07 Å². The van der Waals surface area contributed by atoms with Crippen molar-refractivity contribution in [3.8, 4) is 0 Å². The van der Waals surface area contributed by atoms with Gasteiger partial charge in [0.05, 0.1) is 10.5 Å². The first kappa shape index (κ1) is 17.6. The SMILES string of the molecule is CCCc1cc(N2CCNCC2)c2cc(Cl)cc(Cl)c2n1.Cl. The van der Waals surface area contributed by atoms with Gasteiger partial charge in [0.1, 0.15) is 0 Å². The topological polar surface area (TPSA) is 28.2 Å². The molecule has 0 aliphatic carbocycles. The van der Waals surface area contributed by atoms with Crippen molar-refractivity contribution in [2.45, 2.75) is 19.8 Å². The van der Waals surface area contributed by atoms with Crippen molar-refractivity contribution in [1.82, 2.24) is 10.3 Å². The van der Waals surface area contributed by atoms with Gasteiger partial charge in [-0.1, -0.05) is 36.5 Å². The molecule has 1 aliphatic heterocycles. The molecule has 120 valence electrons. The average Bonchev–Trinajstić information content (AvgIpc) is 2.48. The maximum absolute atomic E-state index is 6.37. The smallest absolute Gasteiger partial charge is 0.0913 e. The van der Waals surface area contributed by atoms with Crippen LogP contribution >= 0.6 is 35.6 Å². The van der Waals surface area contributed by atoms with Crippen LogP contribution in [0.15, 0.2) is 18.2 Å². The highest BCUT2D eigenvalue weighted by molar-refractivity contribution is 6.38. The number of nitrogens with one attached hydrogen (secondary N) is 1. The van der Waals surface area contributed by atoms with Gasteiger partial charge in [-0.25, -0.2) is 0 Å². The molecular formula is C16H20Cl3N3. The molecule has 3 rings (SSSR count). The van der Waals surface area contributed by atoms with Crippen molar-refractivity contribution in [1.29, 1.82) is 0 Å². The number of aryl methyl sites for hydroxylation is 1. The number of nitrogens with zero attached hydrogens (tertiary/aromatic N) is 2. The second-order valence-corrected chi connectivity index (χ2v) is 6.25. The average molecular weight is 361 g/mol. The van der Waals surface area contributed by atoms with Crippen molar-refractivity contribution >= 4 is 52.2 Å². The molecule has 0 atom stereocenters. The van der Waals surface area contributed by atoms with Crippen LogP contribution in [-0.2, 0) is 6.42 Å². The Kier molecular flexibility index (Phi) is 6.16. The lowest BCUT2D eigenvalue weighted by Crippen LogP contribution is -2.43. The lowest BCUT2D eigenvalue weighted by molar-refractivity contribution is 0.590. The molecule has 1 fully saturated rings. The summed E-state index contributed by atoms with van der Waals surface area (Å²) in [5.74, 6) is 0. The summed E-state index contributed by atoms with van der Waals surface area (Å²) in [7, 11) is 0. The summed E-state index contributed by atoms with van der Waals surface area (Å²) in [5.41, 5.74) is 3.16. The summed E-state index contributed by atoms with van der Waals surface area (Å²) in [6.45, 7) is 6.16.